The summed E-state index contributed by atoms with van der Waals surface area (Å²) in [7, 11) is -3.55. The molecule has 5 nitrogen and oxygen atoms in total. The predicted molar refractivity (Wildman–Crippen MR) is 81.5 cm³/mol. The molecule has 0 aliphatic carbocycles. The number of nitriles is 1. The molecule has 0 aliphatic rings. The second-order valence-electron chi connectivity index (χ2n) is 4.24. The van der Waals surface area contributed by atoms with Crippen molar-refractivity contribution in [2.45, 2.75) is 25.2 Å². The summed E-state index contributed by atoms with van der Waals surface area (Å²) in [6.07, 6.45) is 1.01. The fourth-order valence-corrected chi connectivity index (χ4v) is 2.91. The first-order valence-electron chi connectivity index (χ1n) is 6.22. The predicted octanol–water partition coefficient (Wildman–Crippen LogP) is 1.57. The van der Waals surface area contributed by atoms with Gasteiger partial charge < -0.3 is 5.32 Å². The molecule has 0 fully saturated rings. The standard InChI is InChI=1S/C13H19N3O2S.ClH/c1-3-6-15-7-8-16-19(17,18)13-9-12(10-14)5-4-11(13)2;/h4-5,9,15-16H,3,6-8H2,1-2H3;1H. The van der Waals surface area contributed by atoms with Gasteiger partial charge in [-0.1, -0.05) is 13.0 Å². The summed E-state index contributed by atoms with van der Waals surface area (Å²) in [5, 5.41) is 11.9. The number of sulfonamides is 1. The van der Waals surface area contributed by atoms with Crippen LogP contribution in [-0.2, 0) is 10.0 Å². The SMILES string of the molecule is CCCNCCNS(=O)(=O)c1cc(C#N)ccc1C.Cl. The molecule has 0 saturated carbocycles. The van der Waals surface area contributed by atoms with Crippen LogP contribution in [0.15, 0.2) is 23.1 Å². The van der Waals surface area contributed by atoms with Crippen molar-refractivity contribution in [1.29, 1.82) is 5.26 Å². The van der Waals surface area contributed by atoms with Gasteiger partial charge in [-0.2, -0.15) is 5.26 Å². The third-order valence-electron chi connectivity index (χ3n) is 2.63. The summed E-state index contributed by atoms with van der Waals surface area (Å²) in [6, 6.07) is 6.60. The first-order chi connectivity index (χ1) is 9.01. The van der Waals surface area contributed by atoms with E-state index in [0.717, 1.165) is 13.0 Å². The topological polar surface area (TPSA) is 82.0 Å². The molecule has 20 heavy (non-hydrogen) atoms. The van der Waals surface area contributed by atoms with Crippen molar-refractivity contribution in [2.24, 2.45) is 0 Å². The highest BCUT2D eigenvalue weighted by Gasteiger charge is 2.16. The molecule has 1 aromatic rings. The van der Waals surface area contributed by atoms with E-state index in [4.69, 9.17) is 5.26 Å². The van der Waals surface area contributed by atoms with Crippen LogP contribution in [0.5, 0.6) is 0 Å². The van der Waals surface area contributed by atoms with Crippen LogP contribution in [0, 0.1) is 18.3 Å². The van der Waals surface area contributed by atoms with Gasteiger partial charge in [-0.3, -0.25) is 0 Å². The minimum atomic E-state index is -3.55. The van der Waals surface area contributed by atoms with E-state index < -0.39 is 10.0 Å². The maximum Gasteiger partial charge on any atom is 0.240 e. The number of hydrogen-bond donors (Lipinski definition) is 2. The zero-order valence-corrected chi connectivity index (χ0v) is 13.3. The van der Waals surface area contributed by atoms with Crippen molar-refractivity contribution < 1.29 is 8.42 Å². The van der Waals surface area contributed by atoms with Gasteiger partial charge in [-0.15, -0.1) is 12.4 Å². The average molecular weight is 318 g/mol. The summed E-state index contributed by atoms with van der Waals surface area (Å²) in [6.45, 7) is 5.55. The lowest BCUT2D eigenvalue weighted by atomic mass is 10.2. The van der Waals surface area contributed by atoms with Crippen LogP contribution in [0.2, 0.25) is 0 Å². The quantitative estimate of drug-likeness (QED) is 0.748. The highest BCUT2D eigenvalue weighted by atomic mass is 35.5. The largest absolute Gasteiger partial charge is 0.315 e. The first kappa shape index (κ1) is 18.9. The first-order valence-corrected chi connectivity index (χ1v) is 7.70. The Hall–Kier alpha value is -1.13. The zero-order valence-electron chi connectivity index (χ0n) is 11.6. The number of aryl methyl sites for hydroxylation is 1. The molecular formula is C13H20ClN3O2S. The Morgan fingerprint density at radius 1 is 1.25 bits per heavy atom. The summed E-state index contributed by atoms with van der Waals surface area (Å²) in [5.41, 5.74) is 0.975. The lowest BCUT2D eigenvalue weighted by Gasteiger charge is -2.10. The van der Waals surface area contributed by atoms with Gasteiger partial charge in [0.05, 0.1) is 16.5 Å². The molecule has 0 aliphatic heterocycles. The molecule has 0 atom stereocenters. The number of halogens is 1. The van der Waals surface area contributed by atoms with E-state index in [1.165, 1.54) is 6.07 Å². The number of benzene rings is 1. The molecule has 0 spiro atoms. The third-order valence-corrected chi connectivity index (χ3v) is 4.23. The molecule has 0 amide bonds. The molecule has 7 heteroatoms. The molecule has 112 valence electrons. The fraction of sp³-hybridized carbons (Fsp3) is 0.462. The fourth-order valence-electron chi connectivity index (χ4n) is 1.61. The van der Waals surface area contributed by atoms with Crippen molar-refractivity contribution >= 4 is 22.4 Å². The summed E-state index contributed by atoms with van der Waals surface area (Å²) < 4.78 is 26.7. The van der Waals surface area contributed by atoms with Crippen molar-refractivity contribution in [3.05, 3.63) is 29.3 Å². The van der Waals surface area contributed by atoms with E-state index in [1.807, 2.05) is 13.0 Å². The molecule has 0 saturated heterocycles. The lowest BCUT2D eigenvalue weighted by molar-refractivity contribution is 0.575. The van der Waals surface area contributed by atoms with E-state index in [2.05, 4.69) is 10.0 Å². The summed E-state index contributed by atoms with van der Waals surface area (Å²) in [4.78, 5) is 0.169. The van der Waals surface area contributed by atoms with Gasteiger partial charge in [0, 0.05) is 13.1 Å². The minimum Gasteiger partial charge on any atom is -0.315 e. The Kier molecular flexibility index (Phi) is 8.42. The van der Waals surface area contributed by atoms with E-state index in [-0.39, 0.29) is 17.3 Å². The van der Waals surface area contributed by atoms with Gasteiger partial charge in [0.2, 0.25) is 10.0 Å². The monoisotopic (exact) mass is 317 g/mol. The van der Waals surface area contributed by atoms with Crippen LogP contribution < -0.4 is 10.0 Å². The number of rotatable bonds is 7. The molecule has 0 bridgehead atoms. The van der Waals surface area contributed by atoms with Crippen molar-refractivity contribution in [3.8, 4) is 6.07 Å². The normalized spacial score (nSPS) is 10.7. The van der Waals surface area contributed by atoms with Crippen LogP contribution in [0.3, 0.4) is 0 Å². The van der Waals surface area contributed by atoms with Gasteiger partial charge in [0.1, 0.15) is 0 Å². The lowest BCUT2D eigenvalue weighted by Crippen LogP contribution is -2.32. The Labute approximate surface area is 126 Å². The van der Waals surface area contributed by atoms with E-state index in [9.17, 15) is 8.42 Å². The van der Waals surface area contributed by atoms with Gasteiger partial charge in [-0.05, 0) is 37.6 Å². The molecule has 1 aromatic carbocycles. The Morgan fingerprint density at radius 3 is 2.55 bits per heavy atom. The van der Waals surface area contributed by atoms with Crippen LogP contribution in [0.25, 0.3) is 0 Å². The van der Waals surface area contributed by atoms with Crippen molar-refractivity contribution in [1.82, 2.24) is 10.0 Å². The maximum absolute atomic E-state index is 12.1. The molecule has 1 rings (SSSR count). The van der Waals surface area contributed by atoms with Gasteiger partial charge in [-0.25, -0.2) is 13.1 Å². The number of nitrogens with one attached hydrogen (secondary N) is 2. The molecule has 0 heterocycles. The van der Waals surface area contributed by atoms with Crippen molar-refractivity contribution in [2.75, 3.05) is 19.6 Å². The molecule has 0 aromatic heterocycles. The highest BCUT2D eigenvalue weighted by molar-refractivity contribution is 7.89. The van der Waals surface area contributed by atoms with Gasteiger partial charge in [0.25, 0.3) is 0 Å². The number of hydrogen-bond acceptors (Lipinski definition) is 4. The number of nitrogens with zero attached hydrogens (tertiary/aromatic N) is 1. The minimum absolute atomic E-state index is 0. The van der Waals surface area contributed by atoms with E-state index in [0.29, 0.717) is 24.2 Å². The van der Waals surface area contributed by atoms with Crippen LogP contribution in [0.1, 0.15) is 24.5 Å². The molecular weight excluding hydrogens is 298 g/mol. The van der Waals surface area contributed by atoms with Gasteiger partial charge >= 0.3 is 0 Å². The molecule has 2 N–H and O–H groups in total. The Morgan fingerprint density at radius 2 is 1.95 bits per heavy atom. The second kappa shape index (κ2) is 8.93. The van der Waals surface area contributed by atoms with E-state index >= 15 is 0 Å². The van der Waals surface area contributed by atoms with Crippen LogP contribution >= 0.6 is 12.4 Å². The highest BCUT2D eigenvalue weighted by Crippen LogP contribution is 2.16. The summed E-state index contributed by atoms with van der Waals surface area (Å²) in [5.74, 6) is 0. The van der Waals surface area contributed by atoms with Crippen LogP contribution in [-0.4, -0.2) is 28.1 Å². The average Bonchev–Trinajstić information content (AvgIpc) is 2.39. The third kappa shape index (κ3) is 5.47. The molecule has 0 radical (unpaired) electrons. The van der Waals surface area contributed by atoms with Crippen molar-refractivity contribution in [3.63, 3.8) is 0 Å². The Balaban J connectivity index is 0.00000361. The smallest absolute Gasteiger partial charge is 0.240 e. The summed E-state index contributed by atoms with van der Waals surface area (Å²) >= 11 is 0. The van der Waals surface area contributed by atoms with E-state index in [1.54, 1.807) is 19.1 Å². The van der Waals surface area contributed by atoms with Gasteiger partial charge in [0.15, 0.2) is 0 Å². The molecule has 0 unspecified atom stereocenters. The Bertz CT molecular complexity index is 567. The zero-order chi connectivity index (χ0) is 14.3. The maximum atomic E-state index is 12.1. The second-order valence-corrected chi connectivity index (χ2v) is 5.98. The van der Waals surface area contributed by atoms with Crippen LogP contribution in [0.4, 0.5) is 0 Å².